The monoisotopic (exact) mass is 233 g/mol. The molecule has 0 heterocycles. The summed E-state index contributed by atoms with van der Waals surface area (Å²) in [4.78, 5) is 11.5. The second kappa shape index (κ2) is 5.21. The van der Waals surface area contributed by atoms with Gasteiger partial charge in [-0.1, -0.05) is 18.9 Å². The van der Waals surface area contributed by atoms with Gasteiger partial charge in [-0.2, -0.15) is 0 Å². The van der Waals surface area contributed by atoms with Gasteiger partial charge >= 0.3 is 5.97 Å². The van der Waals surface area contributed by atoms with E-state index in [0.717, 1.165) is 5.69 Å². The average molecular weight is 233 g/mol. The van der Waals surface area contributed by atoms with Crippen molar-refractivity contribution < 1.29 is 9.53 Å². The van der Waals surface area contributed by atoms with E-state index in [0.29, 0.717) is 11.6 Å². The molecule has 1 aromatic carbocycles. The Morgan fingerprint density at radius 1 is 1.35 bits per heavy atom. The Labute approximate surface area is 102 Å². The number of aryl methyl sites for hydroxylation is 1. The van der Waals surface area contributed by atoms with Crippen LogP contribution < -0.4 is 5.32 Å². The fraction of sp³-hybridized carbons (Fsp3) is 0.500. The van der Waals surface area contributed by atoms with Crippen LogP contribution in [0.25, 0.3) is 0 Å². The van der Waals surface area contributed by atoms with E-state index < -0.39 is 0 Å². The number of esters is 1. The minimum Gasteiger partial charge on any atom is -0.465 e. The van der Waals surface area contributed by atoms with Crippen LogP contribution in [0.1, 0.15) is 41.6 Å². The average Bonchev–Trinajstić information content (AvgIpc) is 2.84. The molecule has 1 aliphatic carbocycles. The third-order valence-electron chi connectivity index (χ3n) is 3.37. The SMILES string of the molecule is COC(=O)c1ccc(C)c(NC2CCCC2)c1. The maximum atomic E-state index is 11.5. The van der Waals surface area contributed by atoms with Crippen LogP contribution in [0.5, 0.6) is 0 Å². The van der Waals surface area contributed by atoms with Crippen molar-refractivity contribution in [1.82, 2.24) is 0 Å². The summed E-state index contributed by atoms with van der Waals surface area (Å²) in [5.74, 6) is -0.278. The Morgan fingerprint density at radius 3 is 2.71 bits per heavy atom. The molecule has 0 saturated heterocycles. The molecule has 1 saturated carbocycles. The summed E-state index contributed by atoms with van der Waals surface area (Å²) >= 11 is 0. The van der Waals surface area contributed by atoms with Crippen LogP contribution in [0.4, 0.5) is 5.69 Å². The lowest BCUT2D eigenvalue weighted by molar-refractivity contribution is 0.0601. The summed E-state index contributed by atoms with van der Waals surface area (Å²) in [5.41, 5.74) is 2.84. The van der Waals surface area contributed by atoms with Gasteiger partial charge in [0.15, 0.2) is 0 Å². The van der Waals surface area contributed by atoms with Gasteiger partial charge in [0.05, 0.1) is 12.7 Å². The molecule has 0 bridgehead atoms. The molecule has 0 atom stereocenters. The molecule has 0 spiro atoms. The second-order valence-corrected chi connectivity index (χ2v) is 4.65. The predicted octanol–water partition coefficient (Wildman–Crippen LogP) is 3.14. The van der Waals surface area contributed by atoms with Gasteiger partial charge in [0.2, 0.25) is 0 Å². The molecule has 0 radical (unpaired) electrons. The van der Waals surface area contributed by atoms with Gasteiger partial charge in [0.1, 0.15) is 0 Å². The number of hydrogen-bond acceptors (Lipinski definition) is 3. The first kappa shape index (κ1) is 12.0. The lowest BCUT2D eigenvalue weighted by Gasteiger charge is -2.16. The first-order valence-electron chi connectivity index (χ1n) is 6.16. The number of anilines is 1. The van der Waals surface area contributed by atoms with Crippen LogP contribution >= 0.6 is 0 Å². The van der Waals surface area contributed by atoms with Gasteiger partial charge in [-0.05, 0) is 37.5 Å². The number of benzene rings is 1. The Hall–Kier alpha value is -1.51. The minimum atomic E-state index is -0.278. The second-order valence-electron chi connectivity index (χ2n) is 4.65. The predicted molar refractivity (Wildman–Crippen MR) is 68.4 cm³/mol. The van der Waals surface area contributed by atoms with E-state index in [4.69, 9.17) is 4.74 Å². The summed E-state index contributed by atoms with van der Waals surface area (Å²) < 4.78 is 4.73. The largest absolute Gasteiger partial charge is 0.465 e. The fourth-order valence-electron chi connectivity index (χ4n) is 2.31. The van der Waals surface area contributed by atoms with E-state index in [2.05, 4.69) is 12.2 Å². The van der Waals surface area contributed by atoms with E-state index in [9.17, 15) is 4.79 Å². The maximum Gasteiger partial charge on any atom is 0.337 e. The summed E-state index contributed by atoms with van der Waals surface area (Å²) in [7, 11) is 1.41. The van der Waals surface area contributed by atoms with E-state index in [-0.39, 0.29) is 5.97 Å². The molecule has 0 unspecified atom stereocenters. The van der Waals surface area contributed by atoms with Crippen LogP contribution in [0, 0.1) is 6.92 Å². The fourth-order valence-corrected chi connectivity index (χ4v) is 2.31. The smallest absolute Gasteiger partial charge is 0.337 e. The molecule has 3 nitrogen and oxygen atoms in total. The number of carbonyl (C=O) groups excluding carboxylic acids is 1. The van der Waals surface area contributed by atoms with Gasteiger partial charge in [-0.15, -0.1) is 0 Å². The highest BCUT2D eigenvalue weighted by Crippen LogP contribution is 2.25. The highest BCUT2D eigenvalue weighted by Gasteiger charge is 2.16. The third-order valence-corrected chi connectivity index (χ3v) is 3.37. The molecule has 3 heteroatoms. The normalized spacial score (nSPS) is 15.9. The van der Waals surface area contributed by atoms with E-state index in [1.54, 1.807) is 6.07 Å². The van der Waals surface area contributed by atoms with Crippen molar-refractivity contribution >= 4 is 11.7 Å². The number of rotatable bonds is 3. The van der Waals surface area contributed by atoms with Gasteiger partial charge in [0.25, 0.3) is 0 Å². The highest BCUT2D eigenvalue weighted by atomic mass is 16.5. The van der Waals surface area contributed by atoms with Crippen molar-refractivity contribution in [2.45, 2.75) is 38.6 Å². The standard InChI is InChI=1S/C14H19NO2/c1-10-7-8-11(14(16)17-2)9-13(10)15-12-5-3-4-6-12/h7-9,12,15H,3-6H2,1-2H3. The molecular weight excluding hydrogens is 214 g/mol. The third kappa shape index (κ3) is 2.78. The number of methoxy groups -OCH3 is 1. The summed E-state index contributed by atoms with van der Waals surface area (Å²) in [5, 5.41) is 3.52. The Balaban J connectivity index is 2.16. The lowest BCUT2D eigenvalue weighted by Crippen LogP contribution is -2.15. The number of carbonyl (C=O) groups is 1. The van der Waals surface area contributed by atoms with E-state index in [1.807, 2.05) is 12.1 Å². The van der Waals surface area contributed by atoms with Crippen molar-refractivity contribution in [2.75, 3.05) is 12.4 Å². The molecule has 0 aromatic heterocycles. The molecular formula is C14H19NO2. The molecule has 0 amide bonds. The minimum absolute atomic E-state index is 0.278. The Morgan fingerprint density at radius 2 is 2.06 bits per heavy atom. The van der Waals surface area contributed by atoms with Crippen LogP contribution in [-0.4, -0.2) is 19.1 Å². The van der Waals surface area contributed by atoms with Gasteiger partial charge < -0.3 is 10.1 Å². The van der Waals surface area contributed by atoms with Crippen LogP contribution in [0.3, 0.4) is 0 Å². The molecule has 1 N–H and O–H groups in total. The summed E-state index contributed by atoms with van der Waals surface area (Å²) in [6, 6.07) is 6.21. The van der Waals surface area contributed by atoms with E-state index in [1.165, 1.54) is 38.4 Å². The molecule has 1 aromatic rings. The zero-order chi connectivity index (χ0) is 12.3. The van der Waals surface area contributed by atoms with Crippen LogP contribution in [0.15, 0.2) is 18.2 Å². The van der Waals surface area contributed by atoms with Gasteiger partial charge in [-0.25, -0.2) is 4.79 Å². The molecule has 17 heavy (non-hydrogen) atoms. The van der Waals surface area contributed by atoms with Crippen molar-refractivity contribution in [3.05, 3.63) is 29.3 Å². The molecule has 0 aliphatic heterocycles. The zero-order valence-electron chi connectivity index (χ0n) is 10.5. The molecule has 1 aliphatic rings. The van der Waals surface area contributed by atoms with Crippen LogP contribution in [0.2, 0.25) is 0 Å². The van der Waals surface area contributed by atoms with Gasteiger partial charge in [-0.3, -0.25) is 0 Å². The van der Waals surface area contributed by atoms with Crippen molar-refractivity contribution in [1.29, 1.82) is 0 Å². The maximum absolute atomic E-state index is 11.5. The molecule has 92 valence electrons. The number of ether oxygens (including phenoxy) is 1. The Bertz CT molecular complexity index is 409. The van der Waals surface area contributed by atoms with E-state index >= 15 is 0 Å². The molecule has 2 rings (SSSR count). The van der Waals surface area contributed by atoms with Crippen molar-refractivity contribution in [3.8, 4) is 0 Å². The first-order chi connectivity index (χ1) is 8.20. The lowest BCUT2D eigenvalue weighted by atomic mass is 10.1. The Kier molecular flexibility index (Phi) is 3.67. The topological polar surface area (TPSA) is 38.3 Å². The van der Waals surface area contributed by atoms with Gasteiger partial charge in [0, 0.05) is 11.7 Å². The summed E-state index contributed by atoms with van der Waals surface area (Å²) in [6.45, 7) is 2.05. The summed E-state index contributed by atoms with van der Waals surface area (Å²) in [6.07, 6.45) is 5.05. The number of nitrogens with one attached hydrogen (secondary N) is 1. The highest BCUT2D eigenvalue weighted by molar-refractivity contribution is 5.90. The van der Waals surface area contributed by atoms with Crippen molar-refractivity contribution in [3.63, 3.8) is 0 Å². The van der Waals surface area contributed by atoms with Crippen LogP contribution in [-0.2, 0) is 4.74 Å². The zero-order valence-corrected chi connectivity index (χ0v) is 10.5. The quantitative estimate of drug-likeness (QED) is 0.815. The number of hydrogen-bond donors (Lipinski definition) is 1. The first-order valence-corrected chi connectivity index (χ1v) is 6.16. The molecule has 1 fully saturated rings. The van der Waals surface area contributed by atoms with Crippen molar-refractivity contribution in [2.24, 2.45) is 0 Å².